The van der Waals surface area contributed by atoms with Gasteiger partial charge in [0.1, 0.15) is 5.82 Å². The van der Waals surface area contributed by atoms with E-state index < -0.39 is 0 Å². The molecular weight excluding hydrogens is 213 g/mol. The highest BCUT2D eigenvalue weighted by Crippen LogP contribution is 2.15. The zero-order valence-corrected chi connectivity index (χ0v) is 9.51. The number of hydrogen-bond donors (Lipinski definition) is 1. The summed E-state index contributed by atoms with van der Waals surface area (Å²) in [6, 6.07) is 5.92. The first-order chi connectivity index (χ1) is 7.19. The standard InChI is InChI=1S/C11H14FNOS/c1-2-13(11(14)7-8-15)10-5-3-9(12)4-6-10/h3-6,15H,2,7-8H2,1H3. The molecule has 4 heteroatoms. The van der Waals surface area contributed by atoms with Crippen LogP contribution in [0.25, 0.3) is 0 Å². The summed E-state index contributed by atoms with van der Waals surface area (Å²) in [5, 5.41) is 0. The first-order valence-corrected chi connectivity index (χ1v) is 5.49. The second-order valence-corrected chi connectivity index (χ2v) is 3.54. The Bertz CT molecular complexity index is 326. The van der Waals surface area contributed by atoms with Gasteiger partial charge >= 0.3 is 0 Å². The molecule has 0 aromatic heterocycles. The molecule has 0 saturated carbocycles. The van der Waals surface area contributed by atoms with Crippen molar-refractivity contribution in [2.75, 3.05) is 17.2 Å². The van der Waals surface area contributed by atoms with E-state index in [1.807, 2.05) is 6.92 Å². The molecule has 0 aliphatic rings. The molecule has 1 aromatic carbocycles. The van der Waals surface area contributed by atoms with Crippen molar-refractivity contribution in [2.45, 2.75) is 13.3 Å². The van der Waals surface area contributed by atoms with E-state index in [1.54, 1.807) is 17.0 Å². The van der Waals surface area contributed by atoms with Gasteiger partial charge in [0.2, 0.25) is 5.91 Å². The molecule has 0 unspecified atom stereocenters. The molecule has 1 rings (SSSR count). The number of anilines is 1. The molecule has 0 N–H and O–H groups in total. The number of thiol groups is 1. The third-order valence-corrected chi connectivity index (χ3v) is 2.30. The molecule has 0 aliphatic heterocycles. The summed E-state index contributed by atoms with van der Waals surface area (Å²) in [6.45, 7) is 2.47. The number of nitrogens with zero attached hydrogens (tertiary/aromatic N) is 1. The summed E-state index contributed by atoms with van der Waals surface area (Å²) in [5.74, 6) is 0.242. The van der Waals surface area contributed by atoms with Gasteiger partial charge in [0.05, 0.1) is 0 Å². The fourth-order valence-corrected chi connectivity index (χ4v) is 1.55. The molecule has 1 aromatic rings. The third kappa shape index (κ3) is 3.23. The lowest BCUT2D eigenvalue weighted by atomic mass is 10.2. The topological polar surface area (TPSA) is 20.3 Å². The van der Waals surface area contributed by atoms with E-state index in [0.717, 1.165) is 5.69 Å². The van der Waals surface area contributed by atoms with E-state index >= 15 is 0 Å². The predicted octanol–water partition coefficient (Wildman–Crippen LogP) is 2.50. The van der Waals surface area contributed by atoms with Gasteiger partial charge < -0.3 is 4.90 Å². The predicted molar refractivity (Wildman–Crippen MR) is 62.9 cm³/mol. The molecular formula is C11H14FNOS. The van der Waals surface area contributed by atoms with Crippen LogP contribution in [0.3, 0.4) is 0 Å². The molecule has 0 spiro atoms. The molecule has 15 heavy (non-hydrogen) atoms. The Balaban J connectivity index is 2.82. The smallest absolute Gasteiger partial charge is 0.227 e. The number of amides is 1. The summed E-state index contributed by atoms with van der Waals surface area (Å²) in [5.41, 5.74) is 0.727. The maximum Gasteiger partial charge on any atom is 0.227 e. The lowest BCUT2D eigenvalue weighted by Gasteiger charge is -2.20. The van der Waals surface area contributed by atoms with Crippen molar-refractivity contribution in [3.8, 4) is 0 Å². The Morgan fingerprint density at radius 1 is 1.40 bits per heavy atom. The Hall–Kier alpha value is -1.03. The molecule has 0 atom stereocenters. The summed E-state index contributed by atoms with van der Waals surface area (Å²) >= 11 is 4.01. The number of rotatable bonds is 4. The first-order valence-electron chi connectivity index (χ1n) is 4.85. The lowest BCUT2D eigenvalue weighted by molar-refractivity contribution is -0.118. The van der Waals surface area contributed by atoms with Crippen LogP contribution in [0.2, 0.25) is 0 Å². The van der Waals surface area contributed by atoms with E-state index in [4.69, 9.17) is 0 Å². The summed E-state index contributed by atoms with van der Waals surface area (Å²) in [4.78, 5) is 13.3. The quantitative estimate of drug-likeness (QED) is 0.784. The molecule has 0 heterocycles. The second kappa shape index (κ2) is 5.75. The Kier molecular flexibility index (Phi) is 4.62. The van der Waals surface area contributed by atoms with E-state index in [2.05, 4.69) is 12.6 Å². The minimum absolute atomic E-state index is 0.0131. The normalized spacial score (nSPS) is 10.1. The highest BCUT2D eigenvalue weighted by atomic mass is 32.1. The van der Waals surface area contributed by atoms with Crippen molar-refractivity contribution < 1.29 is 9.18 Å². The van der Waals surface area contributed by atoms with E-state index in [-0.39, 0.29) is 11.7 Å². The van der Waals surface area contributed by atoms with Gasteiger partial charge in [-0.25, -0.2) is 4.39 Å². The minimum Gasteiger partial charge on any atom is -0.313 e. The molecule has 0 fully saturated rings. The zero-order valence-electron chi connectivity index (χ0n) is 8.61. The van der Waals surface area contributed by atoms with Gasteiger partial charge in [-0.05, 0) is 36.9 Å². The summed E-state index contributed by atoms with van der Waals surface area (Å²) in [6.07, 6.45) is 0.397. The molecule has 0 radical (unpaired) electrons. The monoisotopic (exact) mass is 227 g/mol. The fourth-order valence-electron chi connectivity index (χ4n) is 1.35. The van der Waals surface area contributed by atoms with Gasteiger partial charge in [-0.15, -0.1) is 0 Å². The second-order valence-electron chi connectivity index (χ2n) is 3.09. The maximum atomic E-state index is 12.7. The average Bonchev–Trinajstić information content (AvgIpc) is 2.22. The minimum atomic E-state index is -0.295. The maximum absolute atomic E-state index is 12.7. The van der Waals surface area contributed by atoms with Gasteiger partial charge in [0, 0.05) is 18.7 Å². The molecule has 0 saturated heterocycles. The highest BCUT2D eigenvalue weighted by molar-refractivity contribution is 7.80. The van der Waals surface area contributed by atoms with Crippen molar-refractivity contribution in [1.82, 2.24) is 0 Å². The zero-order chi connectivity index (χ0) is 11.3. The van der Waals surface area contributed by atoms with Crippen LogP contribution in [0, 0.1) is 5.82 Å². The first kappa shape index (κ1) is 12.0. The fraction of sp³-hybridized carbons (Fsp3) is 0.364. The van der Waals surface area contributed by atoms with Gasteiger partial charge in [0.25, 0.3) is 0 Å². The van der Waals surface area contributed by atoms with Crippen LogP contribution in [0.1, 0.15) is 13.3 Å². The summed E-state index contributed by atoms with van der Waals surface area (Å²) < 4.78 is 12.7. The number of benzene rings is 1. The van der Waals surface area contributed by atoms with Crippen molar-refractivity contribution >= 4 is 24.2 Å². The van der Waals surface area contributed by atoms with Crippen molar-refractivity contribution in [1.29, 1.82) is 0 Å². The van der Waals surface area contributed by atoms with Gasteiger partial charge in [-0.2, -0.15) is 12.6 Å². The van der Waals surface area contributed by atoms with Crippen LogP contribution in [-0.2, 0) is 4.79 Å². The Labute approximate surface area is 94.5 Å². The number of carbonyl (C=O) groups excluding carboxylic acids is 1. The van der Waals surface area contributed by atoms with Crippen molar-refractivity contribution in [3.05, 3.63) is 30.1 Å². The highest BCUT2D eigenvalue weighted by Gasteiger charge is 2.12. The molecule has 82 valence electrons. The van der Waals surface area contributed by atoms with E-state index in [0.29, 0.717) is 18.7 Å². The van der Waals surface area contributed by atoms with E-state index in [1.165, 1.54) is 12.1 Å². The molecule has 0 bridgehead atoms. The van der Waals surface area contributed by atoms with Gasteiger partial charge in [-0.3, -0.25) is 4.79 Å². The van der Waals surface area contributed by atoms with Gasteiger partial charge in [0.15, 0.2) is 0 Å². The third-order valence-electron chi connectivity index (χ3n) is 2.08. The number of carbonyl (C=O) groups is 1. The Morgan fingerprint density at radius 3 is 2.47 bits per heavy atom. The number of halogens is 1. The largest absolute Gasteiger partial charge is 0.313 e. The van der Waals surface area contributed by atoms with Gasteiger partial charge in [-0.1, -0.05) is 0 Å². The van der Waals surface area contributed by atoms with Crippen molar-refractivity contribution in [2.24, 2.45) is 0 Å². The van der Waals surface area contributed by atoms with Crippen LogP contribution in [-0.4, -0.2) is 18.2 Å². The van der Waals surface area contributed by atoms with Crippen molar-refractivity contribution in [3.63, 3.8) is 0 Å². The van der Waals surface area contributed by atoms with Crippen LogP contribution < -0.4 is 4.90 Å². The Morgan fingerprint density at radius 2 is 2.00 bits per heavy atom. The SMILES string of the molecule is CCN(C(=O)CCS)c1ccc(F)cc1. The summed E-state index contributed by atoms with van der Waals surface area (Å²) in [7, 11) is 0. The van der Waals surface area contributed by atoms with Crippen LogP contribution >= 0.6 is 12.6 Å². The molecule has 2 nitrogen and oxygen atoms in total. The number of hydrogen-bond acceptors (Lipinski definition) is 2. The van der Waals surface area contributed by atoms with E-state index in [9.17, 15) is 9.18 Å². The average molecular weight is 227 g/mol. The molecule has 1 amide bonds. The molecule has 0 aliphatic carbocycles. The van der Waals surface area contributed by atoms with Crippen LogP contribution in [0.15, 0.2) is 24.3 Å². The van der Waals surface area contributed by atoms with Crippen LogP contribution in [0.4, 0.5) is 10.1 Å². The van der Waals surface area contributed by atoms with Crippen LogP contribution in [0.5, 0.6) is 0 Å². The lowest BCUT2D eigenvalue weighted by Crippen LogP contribution is -2.30.